The first-order valence-electron chi connectivity index (χ1n) is 21.1. The molecular weight excluding hydrogens is 685 g/mol. The lowest BCUT2D eigenvalue weighted by atomic mass is 10.0. The molecule has 0 aliphatic carbocycles. The van der Waals surface area contributed by atoms with Crippen molar-refractivity contribution in [2.45, 2.75) is 168 Å². The second-order valence-corrected chi connectivity index (χ2v) is 16.5. The van der Waals surface area contributed by atoms with Gasteiger partial charge >= 0.3 is 13.8 Å². The first-order chi connectivity index (χ1) is 25.6. The Hall–Kier alpha value is -1.96. The van der Waals surface area contributed by atoms with Crippen LogP contribution in [-0.2, 0) is 27.9 Å². The summed E-state index contributed by atoms with van der Waals surface area (Å²) >= 11 is 0. The summed E-state index contributed by atoms with van der Waals surface area (Å²) in [7, 11) is 1.60. The van der Waals surface area contributed by atoms with Crippen molar-refractivity contribution in [1.29, 1.82) is 0 Å². The largest absolute Gasteiger partial charge is 0.498 e. The Morgan fingerprint density at radius 1 is 0.623 bits per heavy atom. The molecule has 9 heteroatoms. The van der Waals surface area contributed by atoms with Gasteiger partial charge in [0.05, 0.1) is 34.0 Å². The van der Waals surface area contributed by atoms with Crippen molar-refractivity contribution in [3.8, 4) is 0 Å². The lowest BCUT2D eigenvalue weighted by Gasteiger charge is -2.24. The van der Waals surface area contributed by atoms with E-state index in [9.17, 15) is 14.3 Å². The summed E-state index contributed by atoms with van der Waals surface area (Å²) in [5.74, 6) is -0.377. The molecule has 1 unspecified atom stereocenters. The van der Waals surface area contributed by atoms with E-state index in [1.54, 1.807) is 6.26 Å². The third-order valence-corrected chi connectivity index (χ3v) is 9.64. The van der Waals surface area contributed by atoms with Crippen LogP contribution in [0.2, 0.25) is 0 Å². The summed E-state index contributed by atoms with van der Waals surface area (Å²) in [6.07, 6.45) is 46.4. The topological polar surface area (TPSA) is 91.3 Å². The maximum absolute atomic E-state index is 12.6. The van der Waals surface area contributed by atoms with Gasteiger partial charge in [0.25, 0.3) is 0 Å². The Kier molecular flexibility index (Phi) is 35.6. The van der Waals surface area contributed by atoms with Gasteiger partial charge in [0.2, 0.25) is 0 Å². The number of phosphoric ester groups is 1. The van der Waals surface area contributed by atoms with E-state index in [2.05, 4.69) is 62.5 Å². The van der Waals surface area contributed by atoms with Crippen LogP contribution >= 0.6 is 7.82 Å². The highest BCUT2D eigenvalue weighted by atomic mass is 31.2. The molecule has 1 N–H and O–H groups in total. The molecule has 53 heavy (non-hydrogen) atoms. The van der Waals surface area contributed by atoms with Crippen molar-refractivity contribution in [2.75, 3.05) is 47.5 Å². The summed E-state index contributed by atoms with van der Waals surface area (Å²) in [5, 5.41) is 0. The zero-order valence-electron chi connectivity index (χ0n) is 34.7. The molecule has 0 rings (SSSR count). The number of rotatable bonds is 38. The standard InChI is InChI=1S/C44H80NO7P/c1-6-8-10-12-14-16-18-20-22-24-26-28-30-32-34-36-39-49-41-43(42-51-53(47,48)50-40-38-45(3,4)5)52-44(46)37-35-33-31-29-27-25-23-21-19-17-15-13-11-9-7-2/h9,11,15,17,21,23,27,29,36,39,43H,6-8,10,12-14,16,18-20,22,24-26,28,30-35,37-38,40-42H2,1-5H3/p+1/b11-9-,17-15-,23-21-,29-27-,39-36-/t43-/m1/s1. The number of allylic oxidation sites excluding steroid dienone is 9. The van der Waals surface area contributed by atoms with E-state index in [0.29, 0.717) is 17.4 Å². The van der Waals surface area contributed by atoms with E-state index in [1.165, 1.54) is 83.5 Å². The molecule has 0 aromatic rings. The zero-order chi connectivity index (χ0) is 39.1. The monoisotopic (exact) mass is 767 g/mol. The molecule has 0 bridgehead atoms. The first kappa shape index (κ1) is 51.0. The molecule has 8 nitrogen and oxygen atoms in total. The number of phosphoric acid groups is 1. The van der Waals surface area contributed by atoms with Crippen LogP contribution in [0.15, 0.2) is 60.9 Å². The van der Waals surface area contributed by atoms with Gasteiger partial charge in [-0.15, -0.1) is 0 Å². The third-order valence-electron chi connectivity index (χ3n) is 8.66. The fraction of sp³-hybridized carbons (Fsp3) is 0.750. The van der Waals surface area contributed by atoms with E-state index in [0.717, 1.165) is 51.4 Å². The molecule has 0 saturated carbocycles. The van der Waals surface area contributed by atoms with Crippen molar-refractivity contribution in [3.05, 3.63) is 60.9 Å². The zero-order valence-corrected chi connectivity index (χ0v) is 35.6. The van der Waals surface area contributed by atoms with Crippen molar-refractivity contribution in [3.63, 3.8) is 0 Å². The number of nitrogens with zero attached hydrogens (tertiary/aromatic N) is 1. The molecule has 0 aromatic heterocycles. The Bertz CT molecular complexity index is 1030. The van der Waals surface area contributed by atoms with Gasteiger partial charge in [-0.3, -0.25) is 13.8 Å². The van der Waals surface area contributed by atoms with Crippen LogP contribution in [0, 0.1) is 0 Å². The molecule has 0 amide bonds. The van der Waals surface area contributed by atoms with Crippen molar-refractivity contribution >= 4 is 13.8 Å². The molecule has 2 atom stereocenters. The second-order valence-electron chi connectivity index (χ2n) is 15.1. The number of likely N-dealkylation sites (N-methyl/N-ethyl adjacent to an activating group) is 1. The molecule has 0 spiro atoms. The summed E-state index contributed by atoms with van der Waals surface area (Å²) in [6.45, 7) is 4.76. The van der Waals surface area contributed by atoms with Gasteiger partial charge in [-0.05, 0) is 63.9 Å². The predicted molar refractivity (Wildman–Crippen MR) is 224 cm³/mol. The lowest BCUT2D eigenvalue weighted by Crippen LogP contribution is -2.37. The van der Waals surface area contributed by atoms with Gasteiger partial charge in [0.1, 0.15) is 19.8 Å². The molecule has 0 heterocycles. The van der Waals surface area contributed by atoms with Gasteiger partial charge in [0.15, 0.2) is 6.10 Å². The van der Waals surface area contributed by atoms with Crippen LogP contribution in [0.25, 0.3) is 0 Å². The third kappa shape index (κ3) is 41.1. The molecule has 0 saturated heterocycles. The van der Waals surface area contributed by atoms with E-state index in [4.69, 9.17) is 18.5 Å². The minimum Gasteiger partial charge on any atom is -0.498 e. The summed E-state index contributed by atoms with van der Waals surface area (Å²) in [6, 6.07) is 0. The second kappa shape index (κ2) is 37.0. The SMILES string of the molecule is CC/C=C\C/C=C\C/C=C\C/C=C\CCCCC(=O)O[C@H](CO/C=C\CCCCCCCCCCCCCCCC)COP(=O)(O)OCC[N+](C)(C)C. The van der Waals surface area contributed by atoms with Crippen LogP contribution in [0.1, 0.15) is 162 Å². The number of esters is 1. The van der Waals surface area contributed by atoms with Crippen LogP contribution < -0.4 is 0 Å². The van der Waals surface area contributed by atoms with Crippen molar-refractivity contribution < 1.29 is 37.3 Å². The maximum Gasteiger partial charge on any atom is 0.472 e. The minimum atomic E-state index is -4.30. The molecule has 0 radical (unpaired) electrons. The number of carbonyl (C=O) groups excluding carboxylic acids is 1. The van der Waals surface area contributed by atoms with Crippen LogP contribution in [0.4, 0.5) is 0 Å². The number of hydrogen-bond donors (Lipinski definition) is 1. The first-order valence-corrected chi connectivity index (χ1v) is 22.6. The van der Waals surface area contributed by atoms with E-state index in [1.807, 2.05) is 27.2 Å². The number of quaternary nitrogens is 1. The molecular formula is C44H81NO7P+. The van der Waals surface area contributed by atoms with Gasteiger partial charge in [-0.2, -0.15) is 0 Å². The predicted octanol–water partition coefficient (Wildman–Crippen LogP) is 12.5. The molecule has 0 fully saturated rings. The number of carbonyl (C=O) groups is 1. The molecule has 0 aromatic carbocycles. The summed E-state index contributed by atoms with van der Waals surface area (Å²) in [4.78, 5) is 22.8. The van der Waals surface area contributed by atoms with E-state index >= 15 is 0 Å². The summed E-state index contributed by atoms with van der Waals surface area (Å²) < 4.78 is 34.6. The maximum atomic E-state index is 12.6. The lowest BCUT2D eigenvalue weighted by molar-refractivity contribution is -0.870. The van der Waals surface area contributed by atoms with Crippen LogP contribution in [-0.4, -0.2) is 69.0 Å². The minimum absolute atomic E-state index is 0.0296. The fourth-order valence-corrected chi connectivity index (χ4v) is 6.13. The molecule has 0 aliphatic rings. The Balaban J connectivity index is 4.39. The highest BCUT2D eigenvalue weighted by Crippen LogP contribution is 2.43. The Morgan fingerprint density at radius 3 is 1.66 bits per heavy atom. The van der Waals surface area contributed by atoms with Gasteiger partial charge in [0, 0.05) is 6.42 Å². The van der Waals surface area contributed by atoms with Crippen molar-refractivity contribution in [2.24, 2.45) is 0 Å². The quantitative estimate of drug-likeness (QED) is 0.0167. The van der Waals surface area contributed by atoms with Crippen LogP contribution in [0.5, 0.6) is 0 Å². The average Bonchev–Trinajstić information content (AvgIpc) is 3.11. The van der Waals surface area contributed by atoms with E-state index in [-0.39, 0.29) is 32.2 Å². The van der Waals surface area contributed by atoms with Gasteiger partial charge in [-0.1, -0.05) is 146 Å². The Morgan fingerprint density at radius 2 is 1.11 bits per heavy atom. The fourth-order valence-electron chi connectivity index (χ4n) is 5.39. The number of ether oxygens (including phenoxy) is 2. The Labute approximate surface area is 326 Å². The normalized spacial score (nSPS) is 14.4. The number of hydrogen-bond acceptors (Lipinski definition) is 6. The highest BCUT2D eigenvalue weighted by Gasteiger charge is 2.26. The smallest absolute Gasteiger partial charge is 0.472 e. The summed E-state index contributed by atoms with van der Waals surface area (Å²) in [5.41, 5.74) is 0. The molecule has 0 aliphatic heterocycles. The van der Waals surface area contributed by atoms with Gasteiger partial charge < -0.3 is 18.9 Å². The molecule has 308 valence electrons. The van der Waals surface area contributed by atoms with Crippen LogP contribution in [0.3, 0.4) is 0 Å². The van der Waals surface area contributed by atoms with Gasteiger partial charge in [-0.25, -0.2) is 4.57 Å². The average molecular weight is 767 g/mol. The van der Waals surface area contributed by atoms with Crippen molar-refractivity contribution in [1.82, 2.24) is 0 Å². The highest BCUT2D eigenvalue weighted by molar-refractivity contribution is 7.47. The number of unbranched alkanes of at least 4 members (excludes halogenated alkanes) is 16. The van der Waals surface area contributed by atoms with E-state index < -0.39 is 13.9 Å².